The summed E-state index contributed by atoms with van der Waals surface area (Å²) in [5.74, 6) is 0.862. The lowest BCUT2D eigenvalue weighted by Gasteiger charge is -2.06. The number of thioether (sulfide) groups is 1. The van der Waals surface area contributed by atoms with Crippen LogP contribution in [0.25, 0.3) is 0 Å². The molecule has 0 aliphatic carbocycles. The van der Waals surface area contributed by atoms with Gasteiger partial charge in [-0.3, -0.25) is 0 Å². The molecule has 29 heavy (non-hydrogen) atoms. The van der Waals surface area contributed by atoms with Crippen molar-refractivity contribution in [2.75, 3.05) is 6.26 Å². The van der Waals surface area contributed by atoms with Gasteiger partial charge in [-0.15, -0.1) is 24.9 Å². The summed E-state index contributed by atoms with van der Waals surface area (Å²) in [6.07, 6.45) is 10.9. The van der Waals surface area contributed by atoms with Gasteiger partial charge in [0.25, 0.3) is 0 Å². The molecule has 1 rings (SSSR count). The fourth-order valence-electron chi connectivity index (χ4n) is 1.67. The van der Waals surface area contributed by atoms with Crippen molar-refractivity contribution in [3.8, 4) is 0 Å². The minimum Gasteiger partial charge on any atom is -0.130 e. The lowest BCUT2D eigenvalue weighted by molar-refractivity contribution is 0.557. The standard InChI is InChI=1S/C9H12S.C9H18.C5H10.C3H6.C2H6/c1-3-8-4-6-9(10-2)7-5-8;1-5-8(3)7-9(4)6-2;1-4-5(2)3;1-3-2;1-2/h4-7H,3H2,1-2H3;5,9H,6-7H2,1-4H3;2,4H2,1,3H3;3H,1H2,2H3;1-2H3/b;8-5+;;;. The quantitative estimate of drug-likeness (QED) is 0.325. The normalized spacial score (nSPS) is 10.2. The fourth-order valence-corrected chi connectivity index (χ4v) is 2.08. The van der Waals surface area contributed by atoms with E-state index in [1.165, 1.54) is 34.4 Å². The molecule has 170 valence electrons. The van der Waals surface area contributed by atoms with E-state index in [2.05, 4.69) is 91.3 Å². The minimum absolute atomic E-state index is 0.862. The van der Waals surface area contributed by atoms with Crippen LogP contribution < -0.4 is 0 Å². The van der Waals surface area contributed by atoms with Crippen LogP contribution in [0.1, 0.15) is 94.1 Å². The predicted molar refractivity (Wildman–Crippen MR) is 143 cm³/mol. The van der Waals surface area contributed by atoms with Gasteiger partial charge in [0, 0.05) is 4.90 Å². The molecule has 0 aliphatic rings. The molecule has 0 fully saturated rings. The molecule has 0 saturated heterocycles. The van der Waals surface area contributed by atoms with Crippen LogP contribution in [0.4, 0.5) is 0 Å². The van der Waals surface area contributed by atoms with Gasteiger partial charge in [-0.25, -0.2) is 0 Å². The van der Waals surface area contributed by atoms with Gasteiger partial charge in [-0.1, -0.05) is 83.4 Å². The zero-order valence-electron chi connectivity index (χ0n) is 21.7. The summed E-state index contributed by atoms with van der Waals surface area (Å²) < 4.78 is 0. The average Bonchev–Trinajstić information content (AvgIpc) is 2.76. The predicted octanol–water partition coefficient (Wildman–Crippen LogP) is 10.6. The van der Waals surface area contributed by atoms with Crippen molar-refractivity contribution >= 4 is 11.8 Å². The van der Waals surface area contributed by atoms with E-state index in [4.69, 9.17) is 0 Å². The topological polar surface area (TPSA) is 0 Å². The molecular weight excluding hydrogens is 368 g/mol. The first-order valence-corrected chi connectivity index (χ1v) is 12.4. The summed E-state index contributed by atoms with van der Waals surface area (Å²) in [7, 11) is 0. The largest absolute Gasteiger partial charge is 0.130 e. The van der Waals surface area contributed by atoms with Gasteiger partial charge in [-0.05, 0) is 76.8 Å². The van der Waals surface area contributed by atoms with E-state index < -0.39 is 0 Å². The molecule has 0 aromatic heterocycles. The molecule has 0 heterocycles. The van der Waals surface area contributed by atoms with E-state index in [0.717, 1.165) is 18.8 Å². The lowest BCUT2D eigenvalue weighted by atomic mass is 10.00. The van der Waals surface area contributed by atoms with Crippen molar-refractivity contribution in [3.63, 3.8) is 0 Å². The molecule has 0 spiro atoms. The smallest absolute Gasteiger partial charge is 0.00693 e. The van der Waals surface area contributed by atoms with Gasteiger partial charge in [0.05, 0.1) is 0 Å². The van der Waals surface area contributed by atoms with Crippen molar-refractivity contribution in [1.29, 1.82) is 0 Å². The first kappa shape index (κ1) is 35.2. The second-order valence-electron chi connectivity index (χ2n) is 6.77. The minimum atomic E-state index is 0.862. The monoisotopic (exact) mass is 420 g/mol. The van der Waals surface area contributed by atoms with Crippen molar-refractivity contribution in [2.45, 2.75) is 99.8 Å². The molecule has 0 nitrogen and oxygen atoms in total. The highest BCUT2D eigenvalue weighted by Gasteiger charge is 1.97. The van der Waals surface area contributed by atoms with Crippen LogP contribution in [0.5, 0.6) is 0 Å². The Labute approximate surface area is 190 Å². The number of allylic oxidation sites excluding steroid dienone is 4. The van der Waals surface area contributed by atoms with Crippen LogP contribution in [0.15, 0.2) is 65.6 Å². The number of aryl methyl sites for hydroxylation is 1. The Bertz CT molecular complexity index is 457. The van der Waals surface area contributed by atoms with Crippen molar-refractivity contribution in [1.82, 2.24) is 0 Å². The third kappa shape index (κ3) is 31.7. The SMILES string of the molecule is C/C=C(\C)CC(C)CC.C=C(C)CC.C=CC.CC.CCc1ccc(SC)cc1. The molecule has 0 bridgehead atoms. The van der Waals surface area contributed by atoms with E-state index in [-0.39, 0.29) is 0 Å². The summed E-state index contributed by atoms with van der Waals surface area (Å²) >= 11 is 1.79. The van der Waals surface area contributed by atoms with Crippen LogP contribution in [0, 0.1) is 5.92 Å². The average molecular weight is 421 g/mol. The molecule has 1 aromatic rings. The highest BCUT2D eigenvalue weighted by Crippen LogP contribution is 2.14. The highest BCUT2D eigenvalue weighted by atomic mass is 32.2. The number of rotatable bonds is 6. The Morgan fingerprint density at radius 3 is 1.69 bits per heavy atom. The molecule has 0 saturated carbocycles. The van der Waals surface area contributed by atoms with Crippen molar-refractivity contribution < 1.29 is 0 Å². The maximum Gasteiger partial charge on any atom is 0.00693 e. The van der Waals surface area contributed by atoms with Gasteiger partial charge < -0.3 is 0 Å². The number of hydrogen-bond acceptors (Lipinski definition) is 1. The Kier molecular flexibility index (Phi) is 35.2. The van der Waals surface area contributed by atoms with E-state index in [1.807, 2.05) is 27.7 Å². The Balaban J connectivity index is -0.000000151. The summed E-state index contributed by atoms with van der Waals surface area (Å²) in [6.45, 7) is 28.1. The fraction of sp³-hybridized carbons (Fsp3) is 0.571. The second-order valence-corrected chi connectivity index (χ2v) is 7.65. The lowest BCUT2D eigenvalue weighted by Crippen LogP contribution is -1.91. The molecule has 1 unspecified atom stereocenters. The van der Waals surface area contributed by atoms with Crippen LogP contribution in [-0.2, 0) is 6.42 Å². The molecule has 0 aliphatic heterocycles. The zero-order chi connectivity index (χ0) is 23.7. The van der Waals surface area contributed by atoms with E-state index in [9.17, 15) is 0 Å². The second kappa shape index (κ2) is 29.0. The van der Waals surface area contributed by atoms with Crippen molar-refractivity contribution in [3.05, 3.63) is 66.3 Å². The maximum absolute atomic E-state index is 3.67. The van der Waals surface area contributed by atoms with Gasteiger partial charge in [0.2, 0.25) is 0 Å². The summed E-state index contributed by atoms with van der Waals surface area (Å²) in [5, 5.41) is 0. The van der Waals surface area contributed by atoms with Crippen LogP contribution in [0.2, 0.25) is 0 Å². The summed E-state index contributed by atoms with van der Waals surface area (Å²) in [6, 6.07) is 8.71. The molecule has 0 radical (unpaired) electrons. The molecule has 0 amide bonds. The molecule has 0 N–H and O–H groups in total. The Morgan fingerprint density at radius 2 is 1.45 bits per heavy atom. The van der Waals surface area contributed by atoms with Crippen LogP contribution in [-0.4, -0.2) is 6.26 Å². The third-order valence-electron chi connectivity index (χ3n) is 4.03. The molecule has 1 atom stereocenters. The van der Waals surface area contributed by atoms with Gasteiger partial charge in [0.1, 0.15) is 0 Å². The third-order valence-corrected chi connectivity index (χ3v) is 4.77. The molecular formula is C28H52S. The summed E-state index contributed by atoms with van der Waals surface area (Å²) in [4.78, 5) is 1.34. The van der Waals surface area contributed by atoms with Crippen LogP contribution >= 0.6 is 11.8 Å². The number of hydrogen-bond donors (Lipinski definition) is 0. The van der Waals surface area contributed by atoms with E-state index in [1.54, 1.807) is 17.8 Å². The van der Waals surface area contributed by atoms with E-state index >= 15 is 0 Å². The van der Waals surface area contributed by atoms with Gasteiger partial charge in [-0.2, -0.15) is 0 Å². The summed E-state index contributed by atoms with van der Waals surface area (Å²) in [5.41, 5.74) is 4.19. The molecule has 1 heteroatoms. The molecule has 1 aromatic carbocycles. The Morgan fingerprint density at radius 1 is 1.03 bits per heavy atom. The van der Waals surface area contributed by atoms with Crippen LogP contribution in [0.3, 0.4) is 0 Å². The van der Waals surface area contributed by atoms with Crippen molar-refractivity contribution in [2.24, 2.45) is 5.92 Å². The Hall–Kier alpha value is -1.21. The maximum atomic E-state index is 3.67. The highest BCUT2D eigenvalue weighted by molar-refractivity contribution is 7.98. The zero-order valence-corrected chi connectivity index (χ0v) is 22.5. The first-order valence-electron chi connectivity index (χ1n) is 11.2. The number of benzene rings is 1. The van der Waals surface area contributed by atoms with Gasteiger partial charge in [0.15, 0.2) is 0 Å². The van der Waals surface area contributed by atoms with E-state index in [0.29, 0.717) is 0 Å². The first-order chi connectivity index (χ1) is 13.7. The van der Waals surface area contributed by atoms with Gasteiger partial charge >= 0.3 is 0 Å².